The van der Waals surface area contributed by atoms with Crippen molar-refractivity contribution in [1.29, 1.82) is 0 Å². The van der Waals surface area contributed by atoms with Gasteiger partial charge < -0.3 is 5.32 Å². The van der Waals surface area contributed by atoms with Gasteiger partial charge in [0.15, 0.2) is 0 Å². The fourth-order valence-electron chi connectivity index (χ4n) is 5.99. The van der Waals surface area contributed by atoms with Crippen LogP contribution in [-0.4, -0.2) is 20.0 Å². The van der Waals surface area contributed by atoms with Gasteiger partial charge in [-0.2, -0.15) is 5.10 Å². The zero-order chi connectivity index (χ0) is 17.8. The molecule has 1 N–H and O–H groups in total. The van der Waals surface area contributed by atoms with E-state index in [2.05, 4.69) is 38.5 Å². The Morgan fingerprint density at radius 2 is 1.88 bits per heavy atom. The van der Waals surface area contributed by atoms with Gasteiger partial charge in [0, 0.05) is 10.4 Å². The summed E-state index contributed by atoms with van der Waals surface area (Å²) < 4.78 is 2.08. The summed E-state index contributed by atoms with van der Waals surface area (Å²) in [6.45, 7) is 0.671. The molecule has 1 amide bonds. The number of carbonyl (C=O) groups excluding carboxylic acids is 1. The van der Waals surface area contributed by atoms with Gasteiger partial charge in [-0.3, -0.25) is 4.79 Å². The minimum absolute atomic E-state index is 0.193. The lowest BCUT2D eigenvalue weighted by Gasteiger charge is -2.59. The molecule has 2 atom stereocenters. The molecular formula is C21H24BrN3O. The molecule has 2 aromatic rings. The summed E-state index contributed by atoms with van der Waals surface area (Å²) >= 11 is 4.00. The first kappa shape index (κ1) is 16.5. The van der Waals surface area contributed by atoms with Gasteiger partial charge in [0.05, 0.1) is 18.2 Å². The Bertz CT molecular complexity index is 817. The van der Waals surface area contributed by atoms with Gasteiger partial charge in [-0.05, 0) is 55.9 Å². The number of halogens is 1. The number of nitrogens with one attached hydrogen (secondary N) is 1. The van der Waals surface area contributed by atoms with Crippen LogP contribution in [0.3, 0.4) is 0 Å². The lowest BCUT2D eigenvalue weighted by molar-refractivity contribution is -0.138. The van der Waals surface area contributed by atoms with Crippen LogP contribution in [0.1, 0.15) is 44.1 Å². The number of amides is 1. The van der Waals surface area contributed by atoms with E-state index in [4.69, 9.17) is 0 Å². The smallest absolute Gasteiger partial charge is 0.231 e. The lowest BCUT2D eigenvalue weighted by atomic mass is 9.49. The second-order valence-electron chi connectivity index (χ2n) is 8.71. The third-order valence-electron chi connectivity index (χ3n) is 6.60. The van der Waals surface area contributed by atoms with Gasteiger partial charge in [0.2, 0.25) is 5.91 Å². The number of rotatable bonds is 4. The Hall–Kier alpha value is -1.62. The third-order valence-corrected chi connectivity index (χ3v) is 7.53. The maximum Gasteiger partial charge on any atom is 0.231 e. The molecule has 4 aliphatic rings. The number of benzene rings is 1. The van der Waals surface area contributed by atoms with E-state index in [9.17, 15) is 4.79 Å². The van der Waals surface area contributed by atoms with Crippen molar-refractivity contribution in [2.75, 3.05) is 5.32 Å². The molecular weight excluding hydrogens is 390 g/mol. The largest absolute Gasteiger partial charge is 0.310 e. The highest BCUT2D eigenvalue weighted by Crippen LogP contribution is 2.64. The Kier molecular flexibility index (Phi) is 3.78. The summed E-state index contributed by atoms with van der Waals surface area (Å²) in [6.07, 6.45) is 8.64. The zero-order valence-corrected chi connectivity index (χ0v) is 16.4. The number of alkyl halides is 1. The fraction of sp³-hybridized carbons (Fsp3) is 0.524. The Morgan fingerprint density at radius 1 is 1.15 bits per heavy atom. The predicted molar refractivity (Wildman–Crippen MR) is 105 cm³/mol. The minimum atomic E-state index is -0.199. The third kappa shape index (κ3) is 2.81. The van der Waals surface area contributed by atoms with Crippen LogP contribution in [0.5, 0.6) is 0 Å². The first-order valence-corrected chi connectivity index (χ1v) is 10.4. The van der Waals surface area contributed by atoms with Crippen LogP contribution in [0.25, 0.3) is 0 Å². The molecule has 0 aliphatic heterocycles. The summed E-state index contributed by atoms with van der Waals surface area (Å²) in [4.78, 5) is 13.3. The second-order valence-corrected chi connectivity index (χ2v) is 10.4. The molecule has 1 aromatic carbocycles. The van der Waals surface area contributed by atoms with E-state index in [1.165, 1.54) is 24.8 Å². The minimum Gasteiger partial charge on any atom is -0.310 e. The molecule has 4 saturated carbocycles. The Labute approximate surface area is 162 Å². The van der Waals surface area contributed by atoms with Gasteiger partial charge in [0.1, 0.15) is 5.82 Å². The first-order valence-electron chi connectivity index (χ1n) is 9.60. The maximum absolute atomic E-state index is 13.3. The summed E-state index contributed by atoms with van der Waals surface area (Å²) in [5.41, 5.74) is 0.982. The number of hydrogen-bond acceptors (Lipinski definition) is 2. The van der Waals surface area contributed by atoms with Crippen molar-refractivity contribution < 1.29 is 4.79 Å². The van der Waals surface area contributed by atoms with E-state index in [0.29, 0.717) is 18.4 Å². The van der Waals surface area contributed by atoms with Crippen molar-refractivity contribution in [2.24, 2.45) is 17.3 Å². The first-order chi connectivity index (χ1) is 12.5. The molecule has 5 heteroatoms. The normalized spacial score (nSPS) is 34.8. The van der Waals surface area contributed by atoms with Gasteiger partial charge in [-0.25, -0.2) is 4.68 Å². The van der Waals surface area contributed by atoms with Crippen LogP contribution in [0.4, 0.5) is 5.82 Å². The number of nitrogens with zero attached hydrogens (tertiary/aromatic N) is 2. The van der Waals surface area contributed by atoms with Crippen molar-refractivity contribution >= 4 is 27.7 Å². The van der Waals surface area contributed by atoms with Crippen LogP contribution in [0.15, 0.2) is 42.6 Å². The number of hydrogen-bond donors (Lipinski definition) is 1. The standard InChI is InChI=1S/C21H24BrN3O/c22-21-11-16-8-17(12-21)10-20(9-16,14-21)19(26)24-18-6-7-23-25(18)13-15-4-2-1-3-5-15/h1-7,16-17H,8-14H2,(H,24,26). The molecule has 4 fully saturated rings. The molecule has 26 heavy (non-hydrogen) atoms. The molecule has 4 aliphatic carbocycles. The molecule has 1 heterocycles. The highest BCUT2D eigenvalue weighted by Gasteiger charge is 2.59. The van der Waals surface area contributed by atoms with Crippen molar-refractivity contribution in [1.82, 2.24) is 9.78 Å². The van der Waals surface area contributed by atoms with Gasteiger partial charge >= 0.3 is 0 Å². The van der Waals surface area contributed by atoms with Crippen LogP contribution < -0.4 is 5.32 Å². The van der Waals surface area contributed by atoms with Crippen LogP contribution in [0, 0.1) is 17.3 Å². The average molecular weight is 414 g/mol. The van der Waals surface area contributed by atoms with Crippen molar-refractivity contribution in [3.05, 3.63) is 48.2 Å². The molecule has 2 unspecified atom stereocenters. The Morgan fingerprint density at radius 3 is 2.58 bits per heavy atom. The quantitative estimate of drug-likeness (QED) is 0.744. The maximum atomic E-state index is 13.3. The van der Waals surface area contributed by atoms with E-state index >= 15 is 0 Å². The van der Waals surface area contributed by atoms with Crippen molar-refractivity contribution in [3.8, 4) is 0 Å². The van der Waals surface area contributed by atoms with Gasteiger partial charge in [-0.1, -0.05) is 46.3 Å². The highest BCUT2D eigenvalue weighted by molar-refractivity contribution is 9.10. The van der Waals surface area contributed by atoms with E-state index in [-0.39, 0.29) is 15.6 Å². The molecule has 4 bridgehead atoms. The molecule has 0 spiro atoms. The topological polar surface area (TPSA) is 46.9 Å². The molecule has 0 saturated heterocycles. The lowest BCUT2D eigenvalue weighted by Crippen LogP contribution is -2.57. The summed E-state index contributed by atoms with van der Waals surface area (Å²) in [5.74, 6) is 2.41. The van der Waals surface area contributed by atoms with Gasteiger partial charge in [-0.15, -0.1) is 0 Å². The SMILES string of the molecule is O=C(Nc1ccnn1Cc1ccccc1)C12CC3CC(CC(Br)(C3)C1)C2. The van der Waals surface area contributed by atoms with Crippen LogP contribution >= 0.6 is 15.9 Å². The van der Waals surface area contributed by atoms with Crippen LogP contribution in [0.2, 0.25) is 0 Å². The van der Waals surface area contributed by atoms with E-state index in [1.807, 2.05) is 28.9 Å². The monoisotopic (exact) mass is 413 g/mol. The van der Waals surface area contributed by atoms with Crippen LogP contribution in [-0.2, 0) is 11.3 Å². The molecule has 0 radical (unpaired) electrons. The van der Waals surface area contributed by atoms with E-state index in [0.717, 1.165) is 25.1 Å². The molecule has 136 valence electrons. The summed E-state index contributed by atoms with van der Waals surface area (Å²) in [5, 5.41) is 7.64. The van der Waals surface area contributed by atoms with Gasteiger partial charge in [0.25, 0.3) is 0 Å². The average Bonchev–Trinajstić information content (AvgIpc) is 3.00. The van der Waals surface area contributed by atoms with E-state index < -0.39 is 0 Å². The fourth-order valence-corrected chi connectivity index (χ4v) is 7.44. The van der Waals surface area contributed by atoms with Crippen molar-refractivity contribution in [2.45, 2.75) is 49.4 Å². The molecule has 1 aromatic heterocycles. The Balaban J connectivity index is 1.36. The van der Waals surface area contributed by atoms with E-state index in [1.54, 1.807) is 6.20 Å². The number of anilines is 1. The summed E-state index contributed by atoms with van der Waals surface area (Å²) in [7, 11) is 0. The highest BCUT2D eigenvalue weighted by atomic mass is 79.9. The molecule has 6 rings (SSSR count). The zero-order valence-electron chi connectivity index (χ0n) is 14.8. The number of aromatic nitrogens is 2. The molecule has 4 nitrogen and oxygen atoms in total. The van der Waals surface area contributed by atoms with Crippen molar-refractivity contribution in [3.63, 3.8) is 0 Å². The second kappa shape index (κ2) is 5.95. The predicted octanol–water partition coefficient (Wildman–Crippen LogP) is 4.60. The number of carbonyl (C=O) groups is 1. The summed E-state index contributed by atoms with van der Waals surface area (Å²) in [6, 6.07) is 12.1.